The summed E-state index contributed by atoms with van der Waals surface area (Å²) in [5.41, 5.74) is 1.01. The molecule has 0 aliphatic heterocycles. The number of aromatic nitrogens is 4. The molecule has 6 heteroatoms. The van der Waals surface area contributed by atoms with Crippen molar-refractivity contribution in [2.24, 2.45) is 0 Å². The number of aryl methyl sites for hydroxylation is 1. The normalized spacial score (nSPS) is 9.75. The van der Waals surface area contributed by atoms with Gasteiger partial charge in [0.15, 0.2) is 0 Å². The monoisotopic (exact) mass is 167 g/mol. The lowest BCUT2D eigenvalue weighted by Crippen LogP contribution is -2.08. The van der Waals surface area contributed by atoms with Crippen LogP contribution in [-0.4, -0.2) is 19.8 Å². The third-order valence-corrected chi connectivity index (χ3v) is 1.41. The summed E-state index contributed by atoms with van der Waals surface area (Å²) in [4.78, 5) is 11.1. The molecule has 2 rings (SSSR count). The molecule has 0 aliphatic carbocycles. The van der Waals surface area contributed by atoms with Gasteiger partial charge in [0, 0.05) is 11.8 Å². The molecule has 0 aromatic carbocycles. The molecule has 0 spiro atoms. The Bertz CT molecular complexity index is 442. The number of hydrogen-bond donors (Lipinski definition) is 2. The lowest BCUT2D eigenvalue weighted by molar-refractivity contribution is 0.888. The Hall–Kier alpha value is -1.69. The molecule has 2 heterocycles. The highest BCUT2D eigenvalue weighted by molar-refractivity contribution is 5.34. The number of H-pyrrole nitrogens is 1. The Morgan fingerprint density at radius 2 is 2.33 bits per heavy atom. The van der Waals surface area contributed by atoms with E-state index in [1.54, 1.807) is 6.92 Å². The summed E-state index contributed by atoms with van der Waals surface area (Å²) >= 11 is 0. The largest absolute Gasteiger partial charge is 0.344 e. The standard InChI is InChI=1S/C6H6N4O.H3N/c1-4-2-5(11)6-8-7-3-10(6)9-4;/h2-3,9H,1H3;1H3. The lowest BCUT2D eigenvalue weighted by atomic mass is 10.4. The highest BCUT2D eigenvalue weighted by Gasteiger charge is 1.99. The molecule has 0 bridgehead atoms. The van der Waals surface area contributed by atoms with Crippen molar-refractivity contribution in [1.29, 1.82) is 0 Å². The number of rotatable bonds is 0. The molecular formula is C6H9N5O. The maximum atomic E-state index is 11.1. The second kappa shape index (κ2) is 2.74. The summed E-state index contributed by atoms with van der Waals surface area (Å²) in [5.74, 6) is 0. The van der Waals surface area contributed by atoms with Crippen LogP contribution in [0, 0.1) is 6.92 Å². The van der Waals surface area contributed by atoms with Crippen molar-refractivity contribution in [3.8, 4) is 0 Å². The molecule has 2 aromatic heterocycles. The molecule has 0 fully saturated rings. The average Bonchev–Trinajstić information content (AvgIpc) is 2.34. The summed E-state index contributed by atoms with van der Waals surface area (Å²) in [5, 5.41) is 10.1. The van der Waals surface area contributed by atoms with E-state index in [0.717, 1.165) is 5.69 Å². The summed E-state index contributed by atoms with van der Waals surface area (Å²) < 4.78 is 1.50. The van der Waals surface area contributed by atoms with Crippen LogP contribution in [0.1, 0.15) is 5.69 Å². The first kappa shape index (κ1) is 8.41. The number of hydrogen-bond acceptors (Lipinski definition) is 4. The predicted molar refractivity (Wildman–Crippen MR) is 43.4 cm³/mol. The summed E-state index contributed by atoms with van der Waals surface area (Å²) in [6.45, 7) is 1.81. The fourth-order valence-electron chi connectivity index (χ4n) is 0.968. The van der Waals surface area contributed by atoms with Crippen molar-refractivity contribution >= 4 is 5.65 Å². The van der Waals surface area contributed by atoms with E-state index in [2.05, 4.69) is 15.3 Å². The van der Waals surface area contributed by atoms with Crippen molar-refractivity contribution in [3.05, 3.63) is 28.3 Å². The van der Waals surface area contributed by atoms with Crippen molar-refractivity contribution in [2.45, 2.75) is 6.92 Å². The fourth-order valence-corrected chi connectivity index (χ4v) is 0.968. The number of nitrogens with one attached hydrogen (secondary N) is 1. The van der Waals surface area contributed by atoms with Gasteiger partial charge in [0.05, 0.1) is 0 Å². The maximum absolute atomic E-state index is 11.1. The van der Waals surface area contributed by atoms with E-state index in [0.29, 0.717) is 5.65 Å². The number of nitrogens with zero attached hydrogens (tertiary/aromatic N) is 3. The lowest BCUT2D eigenvalue weighted by Gasteiger charge is -1.93. The molecule has 0 saturated carbocycles. The van der Waals surface area contributed by atoms with Crippen LogP contribution in [0.3, 0.4) is 0 Å². The average molecular weight is 167 g/mol. The van der Waals surface area contributed by atoms with Crippen LogP contribution < -0.4 is 11.6 Å². The van der Waals surface area contributed by atoms with Crippen molar-refractivity contribution < 1.29 is 0 Å². The van der Waals surface area contributed by atoms with Gasteiger partial charge in [-0.25, -0.2) is 4.52 Å². The Labute approximate surface area is 67.8 Å². The summed E-state index contributed by atoms with van der Waals surface area (Å²) in [7, 11) is 0. The first-order valence-electron chi connectivity index (χ1n) is 3.17. The maximum Gasteiger partial charge on any atom is 0.226 e. The van der Waals surface area contributed by atoms with E-state index in [1.807, 2.05) is 0 Å². The summed E-state index contributed by atoms with van der Waals surface area (Å²) in [6, 6.07) is 1.49. The Kier molecular flexibility index (Phi) is 1.92. The van der Waals surface area contributed by atoms with E-state index in [-0.39, 0.29) is 11.6 Å². The number of aromatic amines is 1. The predicted octanol–water partition coefficient (Wildman–Crippen LogP) is -0.112. The Morgan fingerprint density at radius 1 is 1.58 bits per heavy atom. The quantitative estimate of drug-likeness (QED) is 0.571. The van der Waals surface area contributed by atoms with E-state index in [4.69, 9.17) is 0 Å². The second-order valence-corrected chi connectivity index (χ2v) is 2.33. The topological polar surface area (TPSA) is 98.1 Å². The third kappa shape index (κ3) is 1.08. The minimum absolute atomic E-state index is 0. The molecule has 12 heavy (non-hydrogen) atoms. The Balaban J connectivity index is 0.000000720. The van der Waals surface area contributed by atoms with E-state index < -0.39 is 0 Å². The molecule has 0 unspecified atom stereocenters. The van der Waals surface area contributed by atoms with Gasteiger partial charge in [0.1, 0.15) is 6.33 Å². The van der Waals surface area contributed by atoms with Crippen molar-refractivity contribution in [2.75, 3.05) is 0 Å². The van der Waals surface area contributed by atoms with Gasteiger partial charge in [-0.3, -0.25) is 9.89 Å². The van der Waals surface area contributed by atoms with E-state index >= 15 is 0 Å². The second-order valence-electron chi connectivity index (χ2n) is 2.33. The molecule has 64 valence electrons. The highest BCUT2D eigenvalue weighted by Crippen LogP contribution is 1.89. The number of fused-ring (bicyclic) bond motifs is 1. The molecule has 0 saturated heterocycles. The molecule has 0 aliphatic rings. The molecule has 2 aromatic rings. The zero-order valence-electron chi connectivity index (χ0n) is 6.61. The third-order valence-electron chi connectivity index (χ3n) is 1.41. The van der Waals surface area contributed by atoms with Crippen LogP contribution in [0.15, 0.2) is 17.2 Å². The van der Waals surface area contributed by atoms with Crippen molar-refractivity contribution in [1.82, 2.24) is 26.0 Å². The van der Waals surface area contributed by atoms with E-state index in [9.17, 15) is 4.79 Å². The SMILES string of the molecule is Cc1cc(=O)c2nncn2[nH]1.N. The highest BCUT2D eigenvalue weighted by atomic mass is 16.1. The zero-order valence-corrected chi connectivity index (χ0v) is 6.61. The van der Waals surface area contributed by atoms with Gasteiger partial charge in [-0.1, -0.05) is 0 Å². The van der Waals surface area contributed by atoms with Gasteiger partial charge in [0.25, 0.3) is 0 Å². The van der Waals surface area contributed by atoms with Crippen LogP contribution in [0.2, 0.25) is 0 Å². The van der Waals surface area contributed by atoms with E-state index in [1.165, 1.54) is 16.9 Å². The fraction of sp³-hybridized carbons (Fsp3) is 0.167. The first-order chi connectivity index (χ1) is 5.27. The van der Waals surface area contributed by atoms with Crippen LogP contribution in [0.4, 0.5) is 0 Å². The molecule has 0 atom stereocenters. The van der Waals surface area contributed by atoms with Gasteiger partial charge in [0.2, 0.25) is 11.1 Å². The molecule has 4 N–H and O–H groups in total. The molecular weight excluding hydrogens is 158 g/mol. The van der Waals surface area contributed by atoms with Crippen molar-refractivity contribution in [3.63, 3.8) is 0 Å². The van der Waals surface area contributed by atoms with Gasteiger partial charge >= 0.3 is 0 Å². The minimum atomic E-state index is -0.112. The van der Waals surface area contributed by atoms with Gasteiger partial charge in [-0.05, 0) is 6.92 Å². The Morgan fingerprint density at radius 3 is 3.08 bits per heavy atom. The smallest absolute Gasteiger partial charge is 0.226 e. The van der Waals surface area contributed by atoms with Gasteiger partial charge < -0.3 is 6.15 Å². The van der Waals surface area contributed by atoms with Crippen LogP contribution in [0.5, 0.6) is 0 Å². The summed E-state index contributed by atoms with van der Waals surface area (Å²) in [6.07, 6.45) is 1.46. The molecule has 0 radical (unpaired) electrons. The van der Waals surface area contributed by atoms with Crippen LogP contribution >= 0.6 is 0 Å². The first-order valence-corrected chi connectivity index (χ1v) is 3.17. The molecule has 6 nitrogen and oxygen atoms in total. The van der Waals surface area contributed by atoms with Gasteiger partial charge in [-0.2, -0.15) is 0 Å². The van der Waals surface area contributed by atoms with Gasteiger partial charge in [-0.15, -0.1) is 10.2 Å². The zero-order chi connectivity index (χ0) is 7.84. The van der Waals surface area contributed by atoms with Crippen LogP contribution in [0.25, 0.3) is 5.65 Å². The minimum Gasteiger partial charge on any atom is -0.344 e. The van der Waals surface area contributed by atoms with Crippen LogP contribution in [-0.2, 0) is 0 Å². The molecule has 0 amide bonds.